The van der Waals surface area contributed by atoms with Gasteiger partial charge in [0.25, 0.3) is 0 Å². The van der Waals surface area contributed by atoms with Gasteiger partial charge in [-0.1, -0.05) is 0 Å². The monoisotopic (exact) mass is 384 g/mol. The van der Waals surface area contributed by atoms with E-state index in [0.29, 0.717) is 11.4 Å². The van der Waals surface area contributed by atoms with E-state index in [1.165, 1.54) is 29.2 Å². The van der Waals surface area contributed by atoms with Gasteiger partial charge in [0.15, 0.2) is 0 Å². The van der Waals surface area contributed by atoms with Gasteiger partial charge < -0.3 is 15.7 Å². The Bertz CT molecular complexity index is 814. The fraction of sp³-hybridized carbons (Fsp3) is 0.353. The van der Waals surface area contributed by atoms with Crippen LogP contribution in [0.3, 0.4) is 0 Å². The molecule has 0 saturated carbocycles. The highest BCUT2D eigenvalue weighted by atomic mass is 19.4. The molecule has 1 aromatic carbocycles. The van der Waals surface area contributed by atoms with Crippen LogP contribution >= 0.6 is 0 Å². The van der Waals surface area contributed by atoms with E-state index in [1.54, 1.807) is 13.8 Å². The molecular formula is C17H19F3N4O3. The average molecular weight is 384 g/mol. The van der Waals surface area contributed by atoms with Crippen molar-refractivity contribution in [1.82, 2.24) is 15.1 Å². The van der Waals surface area contributed by atoms with Gasteiger partial charge in [0.05, 0.1) is 29.3 Å². The molecule has 27 heavy (non-hydrogen) atoms. The number of anilines is 1. The molecule has 0 bridgehead atoms. The van der Waals surface area contributed by atoms with Crippen molar-refractivity contribution in [1.29, 1.82) is 0 Å². The summed E-state index contributed by atoms with van der Waals surface area (Å²) in [5.74, 6) is -0.955. The van der Waals surface area contributed by atoms with E-state index in [0.717, 1.165) is 12.1 Å². The van der Waals surface area contributed by atoms with Crippen LogP contribution in [0, 0.1) is 0 Å². The number of urea groups is 1. The molecule has 0 aliphatic heterocycles. The van der Waals surface area contributed by atoms with E-state index in [4.69, 9.17) is 5.11 Å². The van der Waals surface area contributed by atoms with Crippen molar-refractivity contribution in [3.8, 4) is 5.69 Å². The fourth-order valence-electron chi connectivity index (χ4n) is 2.28. The maximum absolute atomic E-state index is 12.6. The largest absolute Gasteiger partial charge is 0.481 e. The topological polar surface area (TPSA) is 96.2 Å². The molecule has 146 valence electrons. The number of carboxylic acid groups (broad SMARTS) is 1. The van der Waals surface area contributed by atoms with E-state index in [1.807, 2.05) is 0 Å². The first kappa shape index (κ1) is 20.3. The Morgan fingerprint density at radius 1 is 1.19 bits per heavy atom. The van der Waals surface area contributed by atoms with Crippen molar-refractivity contribution in [2.24, 2.45) is 0 Å². The van der Waals surface area contributed by atoms with Gasteiger partial charge in [-0.25, -0.2) is 9.48 Å². The van der Waals surface area contributed by atoms with Crippen molar-refractivity contribution >= 4 is 17.7 Å². The number of amides is 2. The summed E-state index contributed by atoms with van der Waals surface area (Å²) >= 11 is 0. The first-order valence-corrected chi connectivity index (χ1v) is 7.99. The zero-order chi connectivity index (χ0) is 20.2. The Morgan fingerprint density at radius 2 is 1.81 bits per heavy atom. The number of hydrogen-bond acceptors (Lipinski definition) is 3. The molecule has 0 atom stereocenters. The summed E-state index contributed by atoms with van der Waals surface area (Å²) in [6, 6.07) is 3.89. The number of halogens is 3. The van der Waals surface area contributed by atoms with Crippen molar-refractivity contribution in [3.05, 3.63) is 42.2 Å². The number of carbonyl (C=O) groups excluding carboxylic acids is 1. The molecule has 1 aromatic heterocycles. The minimum Gasteiger partial charge on any atom is -0.481 e. The highest BCUT2D eigenvalue weighted by molar-refractivity contribution is 5.89. The van der Waals surface area contributed by atoms with Crippen LogP contribution in [-0.4, -0.2) is 32.4 Å². The van der Waals surface area contributed by atoms with Crippen molar-refractivity contribution < 1.29 is 27.9 Å². The summed E-state index contributed by atoms with van der Waals surface area (Å²) in [5.41, 5.74) is -0.759. The Morgan fingerprint density at radius 3 is 2.37 bits per heavy atom. The van der Waals surface area contributed by atoms with Gasteiger partial charge in [0, 0.05) is 12.0 Å². The molecule has 3 N–H and O–H groups in total. The zero-order valence-electron chi connectivity index (χ0n) is 14.7. The molecule has 0 radical (unpaired) electrons. The molecule has 0 aliphatic carbocycles. The zero-order valence-corrected chi connectivity index (χ0v) is 14.7. The number of rotatable bonds is 6. The molecule has 10 heteroatoms. The van der Waals surface area contributed by atoms with Gasteiger partial charge in [0.1, 0.15) is 0 Å². The lowest BCUT2D eigenvalue weighted by Crippen LogP contribution is -2.45. The van der Waals surface area contributed by atoms with E-state index >= 15 is 0 Å². The van der Waals surface area contributed by atoms with Crippen LogP contribution in [0.2, 0.25) is 0 Å². The molecule has 7 nitrogen and oxygen atoms in total. The second-order valence-electron chi connectivity index (χ2n) is 6.57. The average Bonchev–Trinajstić information content (AvgIpc) is 3.00. The summed E-state index contributed by atoms with van der Waals surface area (Å²) in [6.07, 6.45) is -1.45. The quantitative estimate of drug-likeness (QED) is 0.708. The molecule has 2 amide bonds. The second kappa shape index (κ2) is 7.68. The molecule has 0 aliphatic rings. The number of aliphatic carboxylic acids is 1. The lowest BCUT2D eigenvalue weighted by molar-refractivity contribution is -0.138. The van der Waals surface area contributed by atoms with Crippen LogP contribution in [-0.2, 0) is 11.0 Å². The SMILES string of the molecule is CC(C)(CCC(=O)O)NC(=O)Nc1cnn(-c2ccc(C(F)(F)F)cc2)c1. The molecule has 0 saturated heterocycles. The van der Waals surface area contributed by atoms with Gasteiger partial charge in [0.2, 0.25) is 0 Å². The molecule has 1 heterocycles. The fourth-order valence-corrected chi connectivity index (χ4v) is 2.28. The van der Waals surface area contributed by atoms with Crippen LogP contribution in [0.4, 0.5) is 23.7 Å². The number of hydrogen-bond donors (Lipinski definition) is 3. The summed E-state index contributed by atoms with van der Waals surface area (Å²) in [5, 5.41) is 17.9. The third-order valence-electron chi connectivity index (χ3n) is 3.72. The lowest BCUT2D eigenvalue weighted by atomic mass is 9.99. The van der Waals surface area contributed by atoms with Crippen LogP contribution in [0.5, 0.6) is 0 Å². The number of carbonyl (C=O) groups is 2. The minimum absolute atomic E-state index is 0.0842. The van der Waals surface area contributed by atoms with Crippen LogP contribution < -0.4 is 10.6 Å². The van der Waals surface area contributed by atoms with Gasteiger partial charge >= 0.3 is 18.2 Å². The smallest absolute Gasteiger partial charge is 0.416 e. The van der Waals surface area contributed by atoms with Gasteiger partial charge in [-0.3, -0.25) is 4.79 Å². The number of carboxylic acids is 1. The van der Waals surface area contributed by atoms with E-state index < -0.39 is 29.3 Å². The molecule has 0 unspecified atom stereocenters. The van der Waals surface area contributed by atoms with Crippen LogP contribution in [0.15, 0.2) is 36.7 Å². The van der Waals surface area contributed by atoms with Crippen molar-refractivity contribution in [3.63, 3.8) is 0 Å². The van der Waals surface area contributed by atoms with Crippen molar-refractivity contribution in [2.75, 3.05) is 5.32 Å². The van der Waals surface area contributed by atoms with E-state index in [2.05, 4.69) is 15.7 Å². The summed E-state index contributed by atoms with van der Waals surface area (Å²) in [4.78, 5) is 22.7. The standard InChI is InChI=1S/C17H19F3N4O3/c1-16(2,8-7-14(25)26)23-15(27)22-12-9-21-24(10-12)13-5-3-11(4-6-13)17(18,19)20/h3-6,9-10H,7-8H2,1-2H3,(H,25,26)(H2,22,23,27). The summed E-state index contributed by atoms with van der Waals surface area (Å²) < 4.78 is 39.1. The van der Waals surface area contributed by atoms with Gasteiger partial charge in [-0.15, -0.1) is 0 Å². The number of nitrogens with zero attached hydrogens (tertiary/aromatic N) is 2. The van der Waals surface area contributed by atoms with E-state index in [-0.39, 0.29) is 12.8 Å². The van der Waals surface area contributed by atoms with Crippen molar-refractivity contribution in [2.45, 2.75) is 38.4 Å². The maximum Gasteiger partial charge on any atom is 0.416 e. The maximum atomic E-state index is 12.6. The minimum atomic E-state index is -4.42. The first-order chi connectivity index (χ1) is 12.5. The summed E-state index contributed by atoms with van der Waals surface area (Å²) in [7, 11) is 0. The molecule has 0 fully saturated rings. The third kappa shape index (κ3) is 6.01. The van der Waals surface area contributed by atoms with Crippen LogP contribution in [0.25, 0.3) is 5.69 Å². The number of alkyl halides is 3. The Balaban J connectivity index is 1.99. The molecular weight excluding hydrogens is 365 g/mol. The predicted octanol–water partition coefficient (Wildman–Crippen LogP) is 3.66. The number of nitrogens with one attached hydrogen (secondary N) is 2. The van der Waals surface area contributed by atoms with Crippen LogP contribution in [0.1, 0.15) is 32.3 Å². The predicted molar refractivity (Wildman–Crippen MR) is 91.7 cm³/mol. The Labute approximate surface area is 153 Å². The normalized spacial score (nSPS) is 11.9. The number of benzene rings is 1. The highest BCUT2D eigenvalue weighted by Crippen LogP contribution is 2.29. The molecule has 0 spiro atoms. The Kier molecular flexibility index (Phi) is 5.77. The first-order valence-electron chi connectivity index (χ1n) is 7.99. The summed E-state index contributed by atoms with van der Waals surface area (Å²) in [6.45, 7) is 3.39. The number of aromatic nitrogens is 2. The van der Waals surface area contributed by atoms with Gasteiger partial charge in [-0.05, 0) is 44.5 Å². The molecule has 2 aromatic rings. The third-order valence-corrected chi connectivity index (χ3v) is 3.72. The second-order valence-corrected chi connectivity index (χ2v) is 6.57. The Hall–Kier alpha value is -3.04. The van der Waals surface area contributed by atoms with Gasteiger partial charge in [-0.2, -0.15) is 18.3 Å². The molecule has 2 rings (SSSR count). The highest BCUT2D eigenvalue weighted by Gasteiger charge is 2.30. The van der Waals surface area contributed by atoms with E-state index in [9.17, 15) is 22.8 Å². The lowest BCUT2D eigenvalue weighted by Gasteiger charge is -2.25.